The third-order valence-corrected chi connectivity index (χ3v) is 3.71. The monoisotopic (exact) mass is 259 g/mol. The molecule has 0 radical (unpaired) electrons. The van der Waals surface area contributed by atoms with E-state index in [-0.39, 0.29) is 11.9 Å². The Labute approximate surface area is 111 Å². The summed E-state index contributed by atoms with van der Waals surface area (Å²) < 4.78 is 12.8. The number of ether oxygens (including phenoxy) is 2. The maximum absolute atomic E-state index is 12.1. The highest BCUT2D eigenvalue weighted by Crippen LogP contribution is 2.35. The van der Waals surface area contributed by atoms with Gasteiger partial charge in [0.05, 0.1) is 19.8 Å². The second-order valence-electron chi connectivity index (χ2n) is 4.76. The Morgan fingerprint density at radius 3 is 3.05 bits per heavy atom. The van der Waals surface area contributed by atoms with Crippen molar-refractivity contribution in [3.05, 3.63) is 35.5 Å². The average molecular weight is 259 g/mol. The Morgan fingerprint density at radius 1 is 1.47 bits per heavy atom. The van der Waals surface area contributed by atoms with Gasteiger partial charge in [-0.25, -0.2) is 0 Å². The van der Waals surface area contributed by atoms with Gasteiger partial charge in [-0.1, -0.05) is 18.2 Å². The Hall–Kier alpha value is -1.81. The molecule has 1 aromatic carbocycles. The van der Waals surface area contributed by atoms with Crippen LogP contribution in [0.5, 0.6) is 0 Å². The van der Waals surface area contributed by atoms with E-state index in [0.717, 1.165) is 22.2 Å². The fourth-order valence-electron chi connectivity index (χ4n) is 2.82. The van der Waals surface area contributed by atoms with Crippen LogP contribution in [0.2, 0.25) is 0 Å². The molecule has 0 aliphatic carbocycles. The third kappa shape index (κ3) is 1.83. The zero-order valence-corrected chi connectivity index (χ0v) is 11.2. The predicted molar refractivity (Wildman–Crippen MR) is 71.9 cm³/mol. The van der Waals surface area contributed by atoms with Crippen LogP contribution in [-0.4, -0.2) is 23.8 Å². The number of rotatable bonds is 2. The van der Waals surface area contributed by atoms with Gasteiger partial charge in [0.15, 0.2) is 0 Å². The third-order valence-electron chi connectivity index (χ3n) is 3.71. The standard InChI is InChI=1S/C15H17NO3/c1-3-19-15(17)11-8-18-9-13-14(11)10-6-4-5-7-12(10)16(13)2/h4-7,11H,3,8-9H2,1-2H3. The number of hydrogen-bond acceptors (Lipinski definition) is 3. The zero-order chi connectivity index (χ0) is 13.4. The van der Waals surface area contributed by atoms with Crippen molar-refractivity contribution < 1.29 is 14.3 Å². The number of benzene rings is 1. The van der Waals surface area contributed by atoms with Crippen LogP contribution in [0.25, 0.3) is 10.9 Å². The highest BCUT2D eigenvalue weighted by atomic mass is 16.5. The Kier molecular flexibility index (Phi) is 3.03. The van der Waals surface area contributed by atoms with Crippen LogP contribution >= 0.6 is 0 Å². The summed E-state index contributed by atoms with van der Waals surface area (Å²) >= 11 is 0. The Bertz CT molecular complexity index is 630. The molecule has 0 fully saturated rings. The van der Waals surface area contributed by atoms with Gasteiger partial charge in [0, 0.05) is 23.6 Å². The topological polar surface area (TPSA) is 40.5 Å². The average Bonchev–Trinajstić information content (AvgIpc) is 2.73. The van der Waals surface area contributed by atoms with E-state index in [1.54, 1.807) is 0 Å². The number of esters is 1. The molecule has 0 saturated carbocycles. The predicted octanol–water partition coefficient (Wildman–Crippen LogP) is 2.36. The highest BCUT2D eigenvalue weighted by Gasteiger charge is 2.32. The SMILES string of the molecule is CCOC(=O)C1COCc2c1c1ccccc1n2C. The van der Waals surface area contributed by atoms with Gasteiger partial charge in [-0.15, -0.1) is 0 Å². The molecule has 4 heteroatoms. The molecule has 19 heavy (non-hydrogen) atoms. The van der Waals surface area contributed by atoms with Gasteiger partial charge >= 0.3 is 5.97 Å². The van der Waals surface area contributed by atoms with E-state index >= 15 is 0 Å². The molecule has 3 rings (SSSR count). The summed E-state index contributed by atoms with van der Waals surface area (Å²) in [5.74, 6) is -0.505. The number of para-hydroxylation sites is 1. The van der Waals surface area contributed by atoms with Crippen molar-refractivity contribution in [2.45, 2.75) is 19.4 Å². The summed E-state index contributed by atoms with van der Waals surface area (Å²) in [5, 5.41) is 1.13. The van der Waals surface area contributed by atoms with Gasteiger partial charge in [0.2, 0.25) is 0 Å². The quantitative estimate of drug-likeness (QED) is 0.777. The first kappa shape index (κ1) is 12.2. The number of carbonyl (C=O) groups excluding carboxylic acids is 1. The molecular weight excluding hydrogens is 242 g/mol. The molecule has 2 aromatic rings. The molecule has 0 amide bonds. The Balaban J connectivity index is 2.18. The molecule has 1 atom stereocenters. The first-order valence-corrected chi connectivity index (χ1v) is 6.54. The van der Waals surface area contributed by atoms with Gasteiger partial charge in [-0.05, 0) is 18.6 Å². The fourth-order valence-corrected chi connectivity index (χ4v) is 2.82. The van der Waals surface area contributed by atoms with E-state index in [2.05, 4.69) is 16.7 Å². The van der Waals surface area contributed by atoms with Crippen LogP contribution in [0.3, 0.4) is 0 Å². The molecule has 4 nitrogen and oxygen atoms in total. The summed E-state index contributed by atoms with van der Waals surface area (Å²) in [6.07, 6.45) is 0. The summed E-state index contributed by atoms with van der Waals surface area (Å²) in [7, 11) is 2.01. The smallest absolute Gasteiger partial charge is 0.315 e. The highest BCUT2D eigenvalue weighted by molar-refractivity contribution is 5.92. The second-order valence-corrected chi connectivity index (χ2v) is 4.76. The largest absolute Gasteiger partial charge is 0.465 e. The molecule has 0 bridgehead atoms. The van der Waals surface area contributed by atoms with Gasteiger partial charge in [0.25, 0.3) is 0 Å². The molecule has 1 aliphatic rings. The summed E-state index contributed by atoms with van der Waals surface area (Å²) in [6, 6.07) is 8.13. The molecule has 0 spiro atoms. The Morgan fingerprint density at radius 2 is 2.26 bits per heavy atom. The summed E-state index contributed by atoms with van der Waals surface area (Å²) in [6.45, 7) is 3.18. The first-order valence-electron chi connectivity index (χ1n) is 6.54. The van der Waals surface area contributed by atoms with Gasteiger partial charge in [0.1, 0.15) is 5.92 Å². The van der Waals surface area contributed by atoms with Gasteiger partial charge in [-0.3, -0.25) is 4.79 Å². The summed E-state index contributed by atoms with van der Waals surface area (Å²) in [4.78, 5) is 12.1. The lowest BCUT2D eigenvalue weighted by atomic mass is 9.95. The minimum absolute atomic E-state index is 0.195. The van der Waals surface area contributed by atoms with Crippen molar-refractivity contribution in [1.29, 1.82) is 0 Å². The van der Waals surface area contributed by atoms with Crippen LogP contribution in [0.15, 0.2) is 24.3 Å². The number of carbonyl (C=O) groups is 1. The van der Waals surface area contributed by atoms with E-state index in [1.807, 2.05) is 26.1 Å². The van der Waals surface area contributed by atoms with E-state index in [9.17, 15) is 4.79 Å². The van der Waals surface area contributed by atoms with E-state index in [4.69, 9.17) is 9.47 Å². The van der Waals surface area contributed by atoms with Crippen LogP contribution in [0, 0.1) is 0 Å². The number of aromatic nitrogens is 1. The van der Waals surface area contributed by atoms with Crippen molar-refractivity contribution in [1.82, 2.24) is 4.57 Å². The lowest BCUT2D eigenvalue weighted by Gasteiger charge is -2.22. The van der Waals surface area contributed by atoms with Crippen molar-refractivity contribution >= 4 is 16.9 Å². The van der Waals surface area contributed by atoms with Crippen LogP contribution in [0.4, 0.5) is 0 Å². The maximum atomic E-state index is 12.1. The lowest BCUT2D eigenvalue weighted by molar-refractivity contribution is -0.147. The lowest BCUT2D eigenvalue weighted by Crippen LogP contribution is -2.26. The molecular formula is C15H17NO3. The second kappa shape index (κ2) is 4.70. The van der Waals surface area contributed by atoms with E-state index in [0.29, 0.717) is 19.8 Å². The minimum Gasteiger partial charge on any atom is -0.465 e. The number of fused-ring (bicyclic) bond motifs is 3. The van der Waals surface area contributed by atoms with Crippen LogP contribution < -0.4 is 0 Å². The molecule has 0 N–H and O–H groups in total. The van der Waals surface area contributed by atoms with Crippen LogP contribution in [-0.2, 0) is 27.9 Å². The van der Waals surface area contributed by atoms with E-state index in [1.165, 1.54) is 0 Å². The normalized spacial score (nSPS) is 18.3. The minimum atomic E-state index is -0.310. The summed E-state index contributed by atoms with van der Waals surface area (Å²) in [5.41, 5.74) is 3.28. The number of nitrogens with zero attached hydrogens (tertiary/aromatic N) is 1. The maximum Gasteiger partial charge on any atom is 0.315 e. The van der Waals surface area contributed by atoms with Crippen molar-refractivity contribution in [3.63, 3.8) is 0 Å². The molecule has 1 aromatic heterocycles. The van der Waals surface area contributed by atoms with Crippen molar-refractivity contribution in [3.8, 4) is 0 Å². The molecule has 0 saturated heterocycles. The molecule has 2 heterocycles. The van der Waals surface area contributed by atoms with Crippen molar-refractivity contribution in [2.75, 3.05) is 13.2 Å². The van der Waals surface area contributed by atoms with Crippen molar-refractivity contribution in [2.24, 2.45) is 7.05 Å². The molecule has 1 aliphatic heterocycles. The van der Waals surface area contributed by atoms with Crippen LogP contribution in [0.1, 0.15) is 24.1 Å². The number of hydrogen-bond donors (Lipinski definition) is 0. The first-order chi connectivity index (χ1) is 9.24. The fraction of sp³-hybridized carbons (Fsp3) is 0.400. The molecule has 1 unspecified atom stereocenters. The zero-order valence-electron chi connectivity index (χ0n) is 11.2. The van der Waals surface area contributed by atoms with Gasteiger partial charge in [-0.2, -0.15) is 0 Å². The molecule has 100 valence electrons. The van der Waals surface area contributed by atoms with Gasteiger partial charge < -0.3 is 14.0 Å². The number of aryl methyl sites for hydroxylation is 1. The van der Waals surface area contributed by atoms with E-state index < -0.39 is 0 Å².